The van der Waals surface area contributed by atoms with E-state index in [1.165, 1.54) is 17.7 Å². The molecule has 9 heteroatoms. The number of aromatic nitrogens is 6. The van der Waals surface area contributed by atoms with E-state index in [-0.39, 0.29) is 0 Å². The lowest BCUT2D eigenvalue weighted by atomic mass is 10.2. The molecule has 2 aliphatic rings. The van der Waals surface area contributed by atoms with Gasteiger partial charge in [-0.2, -0.15) is 4.68 Å². The lowest BCUT2D eigenvalue weighted by Crippen LogP contribution is -3.14. The van der Waals surface area contributed by atoms with Gasteiger partial charge in [0.15, 0.2) is 12.5 Å². The summed E-state index contributed by atoms with van der Waals surface area (Å²) in [5.41, 5.74) is 1.08. The first-order valence-electron chi connectivity index (χ1n) is 9.75. The van der Waals surface area contributed by atoms with Gasteiger partial charge in [-0.15, -0.1) is 5.10 Å². The minimum absolute atomic E-state index is 0.492. The van der Waals surface area contributed by atoms with E-state index in [0.717, 1.165) is 55.0 Å². The van der Waals surface area contributed by atoms with Crippen molar-refractivity contribution in [3.8, 4) is 11.4 Å². The molecule has 4 heterocycles. The number of hydrogen-bond acceptors (Lipinski definition) is 6. The highest BCUT2D eigenvalue weighted by Gasteiger charge is 2.30. The van der Waals surface area contributed by atoms with Crippen LogP contribution in [0.5, 0.6) is 0 Å². The number of quaternary nitrogens is 1. The Labute approximate surface area is 168 Å². The van der Waals surface area contributed by atoms with Crippen molar-refractivity contribution in [2.45, 2.75) is 25.6 Å². The van der Waals surface area contributed by atoms with Gasteiger partial charge in [0.05, 0.1) is 26.2 Å². The van der Waals surface area contributed by atoms with E-state index in [0.29, 0.717) is 6.04 Å². The van der Waals surface area contributed by atoms with Gasteiger partial charge in [-0.3, -0.25) is 9.55 Å². The van der Waals surface area contributed by atoms with Crippen LogP contribution in [-0.2, 0) is 6.67 Å². The van der Waals surface area contributed by atoms with Crippen molar-refractivity contribution in [1.29, 1.82) is 0 Å². The third-order valence-corrected chi connectivity index (χ3v) is 5.81. The zero-order valence-corrected chi connectivity index (χ0v) is 16.4. The summed E-state index contributed by atoms with van der Waals surface area (Å²) < 4.78 is 5.07. The van der Waals surface area contributed by atoms with Crippen LogP contribution < -0.4 is 9.80 Å². The Kier molecular flexibility index (Phi) is 4.61. The second kappa shape index (κ2) is 7.40. The molecule has 0 unspecified atom stereocenters. The molecule has 1 saturated carbocycles. The zero-order chi connectivity index (χ0) is 18.9. The molecule has 8 nitrogen and oxygen atoms in total. The molecule has 5 rings (SSSR count). The van der Waals surface area contributed by atoms with E-state index < -0.39 is 0 Å². The normalized spacial score (nSPS) is 17.8. The highest BCUT2D eigenvalue weighted by atomic mass is 32.1. The summed E-state index contributed by atoms with van der Waals surface area (Å²) in [4.78, 5) is 16.6. The van der Waals surface area contributed by atoms with Crippen LogP contribution >= 0.6 is 12.2 Å². The van der Waals surface area contributed by atoms with Gasteiger partial charge >= 0.3 is 0 Å². The van der Waals surface area contributed by atoms with Crippen molar-refractivity contribution in [2.75, 3.05) is 31.1 Å². The molecule has 28 heavy (non-hydrogen) atoms. The number of rotatable bonds is 5. The van der Waals surface area contributed by atoms with Gasteiger partial charge in [0.2, 0.25) is 10.7 Å². The smallest absolute Gasteiger partial charge is 0.225 e. The minimum Gasteiger partial charge on any atom is -0.330 e. The molecule has 3 aromatic rings. The Morgan fingerprint density at radius 1 is 1.04 bits per heavy atom. The van der Waals surface area contributed by atoms with Gasteiger partial charge in [-0.25, -0.2) is 9.97 Å². The monoisotopic (exact) mass is 395 g/mol. The van der Waals surface area contributed by atoms with E-state index in [1.54, 1.807) is 12.4 Å². The molecule has 0 amide bonds. The second-order valence-electron chi connectivity index (χ2n) is 7.39. The molecule has 2 fully saturated rings. The Bertz CT molecular complexity index is 988. The van der Waals surface area contributed by atoms with E-state index in [9.17, 15) is 0 Å². The van der Waals surface area contributed by atoms with Crippen molar-refractivity contribution in [1.82, 2.24) is 29.3 Å². The molecule has 0 aromatic carbocycles. The average molecular weight is 396 g/mol. The Morgan fingerprint density at radius 3 is 2.43 bits per heavy atom. The van der Waals surface area contributed by atoms with E-state index in [2.05, 4.69) is 24.4 Å². The number of pyridine rings is 1. The lowest BCUT2D eigenvalue weighted by Gasteiger charge is -2.31. The largest absolute Gasteiger partial charge is 0.330 e. The zero-order valence-electron chi connectivity index (χ0n) is 15.6. The van der Waals surface area contributed by atoms with Crippen molar-refractivity contribution in [3.63, 3.8) is 0 Å². The van der Waals surface area contributed by atoms with Gasteiger partial charge in [-0.05, 0) is 43.3 Å². The highest BCUT2D eigenvalue weighted by molar-refractivity contribution is 7.71. The molecule has 3 aromatic heterocycles. The topological polar surface area (TPSA) is 69.1 Å². The molecule has 0 spiro atoms. The molecular weight excluding hydrogens is 372 g/mol. The molecular formula is C19H23N8S+. The van der Waals surface area contributed by atoms with E-state index in [1.807, 2.05) is 35.3 Å². The van der Waals surface area contributed by atoms with E-state index >= 15 is 0 Å². The first-order chi connectivity index (χ1) is 13.8. The highest BCUT2D eigenvalue weighted by Crippen LogP contribution is 2.38. The Balaban J connectivity index is 1.33. The van der Waals surface area contributed by atoms with Gasteiger partial charge in [-0.1, -0.05) is 0 Å². The quantitative estimate of drug-likeness (QED) is 0.649. The predicted octanol–water partition coefficient (Wildman–Crippen LogP) is 0.964. The van der Waals surface area contributed by atoms with Crippen LogP contribution in [0.2, 0.25) is 0 Å². The molecule has 1 aliphatic heterocycles. The van der Waals surface area contributed by atoms with Gasteiger partial charge in [0.25, 0.3) is 0 Å². The maximum atomic E-state index is 5.80. The maximum Gasteiger partial charge on any atom is 0.225 e. The fourth-order valence-electron chi connectivity index (χ4n) is 3.73. The van der Waals surface area contributed by atoms with Crippen LogP contribution in [0.4, 0.5) is 5.95 Å². The van der Waals surface area contributed by atoms with Crippen LogP contribution in [0, 0.1) is 4.77 Å². The number of anilines is 1. The SMILES string of the molecule is S=c1n(C[NH+]2CCN(c3ncccn3)CC2)nc(-c2ccncc2)n1C1CC1. The van der Waals surface area contributed by atoms with Crippen molar-refractivity contribution >= 4 is 18.2 Å². The summed E-state index contributed by atoms with van der Waals surface area (Å²) in [6.45, 7) is 4.70. The number of nitrogens with zero attached hydrogens (tertiary/aromatic N) is 7. The van der Waals surface area contributed by atoms with Crippen molar-refractivity contribution < 1.29 is 4.90 Å². The lowest BCUT2D eigenvalue weighted by molar-refractivity contribution is -0.924. The summed E-state index contributed by atoms with van der Waals surface area (Å²) in [5, 5.41) is 4.90. The van der Waals surface area contributed by atoms with Crippen molar-refractivity contribution in [3.05, 3.63) is 47.8 Å². The number of piperazine rings is 1. The predicted molar refractivity (Wildman–Crippen MR) is 107 cm³/mol. The first-order valence-corrected chi connectivity index (χ1v) is 10.2. The molecule has 0 atom stereocenters. The molecule has 0 bridgehead atoms. The molecule has 0 radical (unpaired) electrons. The van der Waals surface area contributed by atoms with Crippen LogP contribution in [0.3, 0.4) is 0 Å². The summed E-state index contributed by atoms with van der Waals surface area (Å²) in [7, 11) is 0. The minimum atomic E-state index is 0.492. The molecule has 144 valence electrons. The third-order valence-electron chi connectivity index (χ3n) is 5.40. The van der Waals surface area contributed by atoms with Gasteiger partial charge in [0, 0.05) is 36.4 Å². The summed E-state index contributed by atoms with van der Waals surface area (Å²) in [6, 6.07) is 6.35. The van der Waals surface area contributed by atoms with Crippen LogP contribution in [-0.4, -0.2) is 55.5 Å². The third kappa shape index (κ3) is 3.43. The van der Waals surface area contributed by atoms with Gasteiger partial charge in [0.1, 0.15) is 0 Å². The summed E-state index contributed by atoms with van der Waals surface area (Å²) >= 11 is 5.80. The first kappa shape index (κ1) is 17.4. The number of nitrogens with one attached hydrogen (secondary N) is 1. The number of hydrogen-bond donors (Lipinski definition) is 1. The summed E-state index contributed by atoms with van der Waals surface area (Å²) in [5.74, 6) is 1.78. The Morgan fingerprint density at radius 2 is 1.75 bits per heavy atom. The van der Waals surface area contributed by atoms with E-state index in [4.69, 9.17) is 17.3 Å². The molecule has 1 N–H and O–H groups in total. The van der Waals surface area contributed by atoms with Crippen LogP contribution in [0.15, 0.2) is 43.0 Å². The Hall–Kier alpha value is -2.65. The maximum absolute atomic E-state index is 5.80. The van der Waals surface area contributed by atoms with Gasteiger partial charge < -0.3 is 9.80 Å². The second-order valence-corrected chi connectivity index (χ2v) is 7.75. The standard InChI is InChI=1S/C19H22N8S/c28-19-26(14-24-10-12-25(13-11-24)18-21-6-1-7-22-18)23-17(27(19)16-2-3-16)15-4-8-20-9-5-15/h1,4-9,16H,2-3,10-14H2/p+1. The molecule has 1 aliphatic carbocycles. The van der Waals surface area contributed by atoms with Crippen LogP contribution in [0.25, 0.3) is 11.4 Å². The fourth-order valence-corrected chi connectivity index (χ4v) is 4.07. The average Bonchev–Trinajstić information content (AvgIpc) is 3.54. The molecule has 1 saturated heterocycles. The van der Waals surface area contributed by atoms with Crippen LogP contribution in [0.1, 0.15) is 18.9 Å². The van der Waals surface area contributed by atoms with Crippen molar-refractivity contribution in [2.24, 2.45) is 0 Å². The fraction of sp³-hybridized carbons (Fsp3) is 0.421. The summed E-state index contributed by atoms with van der Waals surface area (Å²) in [6.07, 6.45) is 9.58.